The number of carbonyl (C=O) groups excluding carboxylic acids is 2. The van der Waals surface area contributed by atoms with E-state index in [4.69, 9.17) is 18.9 Å². The fourth-order valence-electron chi connectivity index (χ4n) is 3.31. The molecule has 2 rings (SSSR count). The van der Waals surface area contributed by atoms with Gasteiger partial charge in [0.05, 0.1) is 45.0 Å². The summed E-state index contributed by atoms with van der Waals surface area (Å²) in [5.41, 5.74) is 0.141. The van der Waals surface area contributed by atoms with E-state index in [0.717, 1.165) is 6.26 Å². The second-order valence-corrected chi connectivity index (χ2v) is 6.95. The zero-order valence-electron chi connectivity index (χ0n) is 17.2. The third-order valence-corrected chi connectivity index (χ3v) is 5.08. The number of allylic oxidation sites excluding steroid dienone is 1. The highest BCUT2D eigenvalue weighted by Crippen LogP contribution is 2.36. The summed E-state index contributed by atoms with van der Waals surface area (Å²) < 4.78 is 25.9. The van der Waals surface area contributed by atoms with Crippen molar-refractivity contribution in [2.75, 3.05) is 20.8 Å². The summed E-state index contributed by atoms with van der Waals surface area (Å²) in [6, 6.07) is 0. The Morgan fingerprint density at radius 2 is 1.84 bits per heavy atom. The van der Waals surface area contributed by atoms with Crippen molar-refractivity contribution in [1.29, 1.82) is 0 Å². The van der Waals surface area contributed by atoms with Gasteiger partial charge in [0.15, 0.2) is 6.29 Å². The van der Waals surface area contributed by atoms with E-state index in [1.165, 1.54) is 26.4 Å². The van der Waals surface area contributed by atoms with Crippen LogP contribution in [0.5, 0.6) is 0 Å². The molecule has 174 valence electrons. The predicted molar refractivity (Wildman–Crippen MR) is 103 cm³/mol. The summed E-state index contributed by atoms with van der Waals surface area (Å²) in [5, 5.41) is 39.4. The molecule has 0 amide bonds. The molecule has 1 fully saturated rings. The number of methoxy groups -OCH3 is 2. The number of hydrogen-bond acceptors (Lipinski definition) is 11. The minimum absolute atomic E-state index is 0.0373. The van der Waals surface area contributed by atoms with Gasteiger partial charge in [0, 0.05) is 5.92 Å². The number of hydrogen-bond donors (Lipinski definition) is 4. The van der Waals surface area contributed by atoms with E-state index in [9.17, 15) is 30.0 Å². The summed E-state index contributed by atoms with van der Waals surface area (Å²) in [4.78, 5) is 23.6. The first-order chi connectivity index (χ1) is 14.8. The molecule has 1 saturated heterocycles. The van der Waals surface area contributed by atoms with Crippen LogP contribution in [0.4, 0.5) is 0 Å². The molecule has 0 bridgehead atoms. The lowest BCUT2D eigenvalue weighted by atomic mass is 9.83. The van der Waals surface area contributed by atoms with Gasteiger partial charge in [-0.3, -0.25) is 4.79 Å². The third-order valence-electron chi connectivity index (χ3n) is 5.08. The number of aliphatic hydroxyl groups excluding tert-OH is 4. The Labute approximate surface area is 179 Å². The van der Waals surface area contributed by atoms with Crippen LogP contribution in [0.1, 0.15) is 6.42 Å². The Morgan fingerprint density at radius 1 is 1.13 bits per heavy atom. The van der Waals surface area contributed by atoms with Crippen LogP contribution in [0, 0.1) is 11.8 Å². The predicted octanol–water partition coefficient (Wildman–Crippen LogP) is -1.25. The second-order valence-electron chi connectivity index (χ2n) is 6.95. The summed E-state index contributed by atoms with van der Waals surface area (Å²) in [6.07, 6.45) is -2.89. The maximum absolute atomic E-state index is 12.2. The molecule has 0 aromatic carbocycles. The van der Waals surface area contributed by atoms with Crippen molar-refractivity contribution in [3.05, 3.63) is 36.6 Å². The number of carbonyl (C=O) groups is 2. The van der Waals surface area contributed by atoms with Gasteiger partial charge < -0.3 is 44.1 Å². The average molecular weight is 444 g/mol. The van der Waals surface area contributed by atoms with Crippen molar-refractivity contribution in [3.63, 3.8) is 0 Å². The molecule has 11 heteroatoms. The Morgan fingerprint density at radius 3 is 2.42 bits per heavy atom. The van der Waals surface area contributed by atoms with E-state index in [2.05, 4.69) is 11.3 Å². The zero-order chi connectivity index (χ0) is 23.1. The second kappa shape index (κ2) is 11.4. The van der Waals surface area contributed by atoms with Crippen LogP contribution in [0.2, 0.25) is 0 Å². The Kier molecular flexibility index (Phi) is 9.16. The van der Waals surface area contributed by atoms with Crippen molar-refractivity contribution >= 4 is 11.9 Å². The zero-order valence-corrected chi connectivity index (χ0v) is 17.2. The minimum Gasteiger partial charge on any atom is -0.471 e. The van der Waals surface area contributed by atoms with Crippen molar-refractivity contribution in [2.45, 2.75) is 43.4 Å². The molecule has 2 aliphatic rings. The molecule has 4 N–H and O–H groups in total. The van der Waals surface area contributed by atoms with Gasteiger partial charge in [-0.1, -0.05) is 18.2 Å². The van der Waals surface area contributed by atoms with Crippen LogP contribution in [0.25, 0.3) is 0 Å². The van der Waals surface area contributed by atoms with Crippen LogP contribution < -0.4 is 0 Å². The lowest BCUT2D eigenvalue weighted by Gasteiger charge is -2.42. The smallest absolute Gasteiger partial charge is 0.337 e. The molecule has 0 unspecified atom stereocenters. The van der Waals surface area contributed by atoms with Crippen LogP contribution in [0.15, 0.2) is 36.6 Å². The molecule has 0 radical (unpaired) electrons. The molecule has 8 atom stereocenters. The number of ether oxygens (including phenoxy) is 5. The van der Waals surface area contributed by atoms with E-state index >= 15 is 0 Å². The molecule has 0 saturated carbocycles. The molecule has 2 heterocycles. The number of esters is 2. The fourth-order valence-corrected chi connectivity index (χ4v) is 3.31. The molecular weight excluding hydrogens is 416 g/mol. The van der Waals surface area contributed by atoms with Crippen LogP contribution in [0.3, 0.4) is 0 Å². The van der Waals surface area contributed by atoms with E-state index in [1.54, 1.807) is 6.08 Å². The Bertz CT molecular complexity index is 701. The van der Waals surface area contributed by atoms with E-state index in [0.29, 0.717) is 0 Å². The van der Waals surface area contributed by atoms with Gasteiger partial charge in [-0.25, -0.2) is 4.79 Å². The molecule has 0 aromatic heterocycles. The van der Waals surface area contributed by atoms with E-state index in [1.807, 2.05) is 0 Å². The van der Waals surface area contributed by atoms with E-state index < -0.39 is 67.4 Å². The summed E-state index contributed by atoms with van der Waals surface area (Å²) in [7, 11) is 2.46. The van der Waals surface area contributed by atoms with Crippen molar-refractivity contribution < 1.29 is 53.7 Å². The van der Waals surface area contributed by atoms with Gasteiger partial charge in [0.25, 0.3) is 0 Å². The normalized spacial score (nSPS) is 35.7. The molecule has 0 aromatic rings. The Balaban J connectivity index is 2.25. The largest absolute Gasteiger partial charge is 0.471 e. The van der Waals surface area contributed by atoms with Crippen LogP contribution in [-0.4, -0.2) is 90.2 Å². The highest BCUT2D eigenvalue weighted by molar-refractivity contribution is 5.89. The van der Waals surface area contributed by atoms with E-state index in [-0.39, 0.29) is 12.0 Å². The quantitative estimate of drug-likeness (QED) is 0.262. The standard InChI is InChI=1S/C20H28O11/c1-4-10-11(6-5-7-14(22)27-2)12(18(26)28-3)9-29-19(10)31-20-17(25)16(24)15(23)13(8-21)30-20/h4-6,9-11,13,15-17,19-21,23-25H,1,7-8H2,2-3H3/b6-5+/t10-,11+,13-,15-,16+,17-,19+,20+/m1/s1. The van der Waals surface area contributed by atoms with Gasteiger partial charge in [-0.2, -0.15) is 0 Å². The molecule has 2 aliphatic heterocycles. The molecular formula is C20H28O11. The summed E-state index contributed by atoms with van der Waals surface area (Å²) in [6.45, 7) is 3.12. The first kappa shape index (κ1) is 25.0. The number of aliphatic hydroxyl groups is 4. The van der Waals surface area contributed by atoms with Gasteiger partial charge in [0.1, 0.15) is 24.4 Å². The van der Waals surface area contributed by atoms with Gasteiger partial charge >= 0.3 is 11.9 Å². The van der Waals surface area contributed by atoms with Crippen LogP contribution in [-0.2, 0) is 33.3 Å². The summed E-state index contributed by atoms with van der Waals surface area (Å²) in [5.74, 6) is -2.50. The van der Waals surface area contributed by atoms with Gasteiger partial charge in [-0.15, -0.1) is 6.58 Å². The first-order valence-electron chi connectivity index (χ1n) is 9.54. The van der Waals surface area contributed by atoms with Crippen LogP contribution >= 0.6 is 0 Å². The summed E-state index contributed by atoms with van der Waals surface area (Å²) >= 11 is 0. The van der Waals surface area contributed by atoms with Crippen molar-refractivity contribution in [3.8, 4) is 0 Å². The first-order valence-corrected chi connectivity index (χ1v) is 9.54. The minimum atomic E-state index is -1.63. The lowest BCUT2D eigenvalue weighted by Crippen LogP contribution is -2.60. The molecule has 11 nitrogen and oxygen atoms in total. The molecule has 0 spiro atoms. The molecule has 31 heavy (non-hydrogen) atoms. The van der Waals surface area contributed by atoms with Crippen molar-refractivity contribution in [1.82, 2.24) is 0 Å². The lowest BCUT2D eigenvalue weighted by molar-refractivity contribution is -0.338. The maximum atomic E-state index is 12.2. The highest BCUT2D eigenvalue weighted by Gasteiger charge is 2.47. The van der Waals surface area contributed by atoms with Gasteiger partial charge in [0.2, 0.25) is 6.29 Å². The van der Waals surface area contributed by atoms with Gasteiger partial charge in [-0.05, 0) is 0 Å². The SMILES string of the molecule is C=C[C@H]1[C@H](O[C@@H]2O[C@H](CO)[C@@H](O)[C@H](O)[C@H]2O)OC=C(C(=O)OC)[C@H]1/C=C/CC(=O)OC. The topological polar surface area (TPSA) is 161 Å². The number of rotatable bonds is 8. The van der Waals surface area contributed by atoms with Crippen molar-refractivity contribution in [2.24, 2.45) is 11.8 Å². The maximum Gasteiger partial charge on any atom is 0.337 e. The average Bonchev–Trinajstić information content (AvgIpc) is 2.78. The third kappa shape index (κ3) is 5.70. The Hall–Kier alpha value is -2.28. The monoisotopic (exact) mass is 444 g/mol. The highest BCUT2D eigenvalue weighted by atomic mass is 16.8. The molecule has 0 aliphatic carbocycles. The fraction of sp³-hybridized carbons (Fsp3) is 0.600.